The van der Waals surface area contributed by atoms with Crippen molar-refractivity contribution < 1.29 is 14.3 Å². The second-order valence-electron chi connectivity index (χ2n) is 3.71. The van der Waals surface area contributed by atoms with Gasteiger partial charge in [-0.2, -0.15) is 0 Å². The summed E-state index contributed by atoms with van der Waals surface area (Å²) in [7, 11) is 0. The van der Waals surface area contributed by atoms with Crippen LogP contribution in [-0.4, -0.2) is 29.2 Å². The number of rotatable bonds is 2. The van der Waals surface area contributed by atoms with Crippen LogP contribution in [-0.2, 0) is 16.0 Å². The first-order chi connectivity index (χ1) is 7.72. The second-order valence-corrected chi connectivity index (χ2v) is 3.71. The summed E-state index contributed by atoms with van der Waals surface area (Å²) < 4.78 is 10.4. The average Bonchev–Trinajstić information content (AvgIpc) is 2.29. The van der Waals surface area contributed by atoms with Crippen LogP contribution in [0.1, 0.15) is 18.2 Å². The third kappa shape index (κ3) is 1.98. The van der Waals surface area contributed by atoms with Crippen LogP contribution in [0.5, 0.6) is 5.88 Å². The molecule has 1 atom stereocenters. The summed E-state index contributed by atoms with van der Waals surface area (Å²) in [6.45, 7) is 4.41. The average molecular weight is 222 g/mol. The van der Waals surface area contributed by atoms with Gasteiger partial charge in [-0.1, -0.05) is 0 Å². The van der Waals surface area contributed by atoms with Gasteiger partial charge >= 0.3 is 5.97 Å². The third-order valence-electron chi connectivity index (χ3n) is 2.61. The number of hydrogen-bond acceptors (Lipinski definition) is 5. The van der Waals surface area contributed by atoms with Crippen molar-refractivity contribution in [2.75, 3.05) is 13.2 Å². The van der Waals surface area contributed by atoms with E-state index in [4.69, 9.17) is 9.47 Å². The molecule has 5 heteroatoms. The summed E-state index contributed by atoms with van der Waals surface area (Å²) in [5.74, 6) is 0.140. The van der Waals surface area contributed by atoms with Crippen molar-refractivity contribution in [3.05, 3.63) is 17.6 Å². The first-order valence-electron chi connectivity index (χ1n) is 5.32. The molecule has 16 heavy (non-hydrogen) atoms. The Labute approximate surface area is 93.8 Å². The lowest BCUT2D eigenvalue weighted by Gasteiger charge is -2.23. The van der Waals surface area contributed by atoms with Crippen LogP contribution in [0.2, 0.25) is 0 Å². The fraction of sp³-hybridized carbons (Fsp3) is 0.545. The first-order valence-corrected chi connectivity index (χ1v) is 5.32. The van der Waals surface area contributed by atoms with Crippen LogP contribution < -0.4 is 4.74 Å². The third-order valence-corrected chi connectivity index (χ3v) is 2.61. The maximum atomic E-state index is 11.6. The van der Waals surface area contributed by atoms with Gasteiger partial charge in [-0.3, -0.25) is 4.79 Å². The molecule has 0 fully saturated rings. The van der Waals surface area contributed by atoms with E-state index in [1.54, 1.807) is 6.92 Å². The molecule has 1 unspecified atom stereocenters. The number of carbonyl (C=O) groups is 1. The van der Waals surface area contributed by atoms with Crippen molar-refractivity contribution >= 4 is 5.97 Å². The highest BCUT2D eigenvalue weighted by atomic mass is 16.5. The van der Waals surface area contributed by atoms with Gasteiger partial charge in [0.05, 0.1) is 12.5 Å². The maximum absolute atomic E-state index is 11.6. The topological polar surface area (TPSA) is 61.3 Å². The van der Waals surface area contributed by atoms with E-state index in [2.05, 4.69) is 9.97 Å². The van der Waals surface area contributed by atoms with Crippen LogP contribution in [0, 0.1) is 12.8 Å². The number of nitrogens with zero attached hydrogens (tertiary/aromatic N) is 2. The molecule has 0 aromatic carbocycles. The highest BCUT2D eigenvalue weighted by Gasteiger charge is 2.29. The molecule has 2 heterocycles. The van der Waals surface area contributed by atoms with Gasteiger partial charge < -0.3 is 9.47 Å². The fourth-order valence-corrected chi connectivity index (χ4v) is 1.73. The number of ether oxygens (including phenoxy) is 2. The highest BCUT2D eigenvalue weighted by Crippen LogP contribution is 2.26. The lowest BCUT2D eigenvalue weighted by molar-refractivity contribution is -0.149. The van der Waals surface area contributed by atoms with Gasteiger partial charge in [-0.15, -0.1) is 0 Å². The Morgan fingerprint density at radius 3 is 3.19 bits per heavy atom. The first kappa shape index (κ1) is 10.9. The van der Waals surface area contributed by atoms with Crippen LogP contribution in [0.3, 0.4) is 0 Å². The van der Waals surface area contributed by atoms with Gasteiger partial charge in [0.2, 0.25) is 5.88 Å². The van der Waals surface area contributed by atoms with E-state index < -0.39 is 0 Å². The Bertz CT molecular complexity index is 406. The predicted molar refractivity (Wildman–Crippen MR) is 56.1 cm³/mol. The molecule has 1 aromatic heterocycles. The lowest BCUT2D eigenvalue weighted by atomic mass is 9.98. The Morgan fingerprint density at radius 2 is 2.44 bits per heavy atom. The summed E-state index contributed by atoms with van der Waals surface area (Å²) in [5.41, 5.74) is 1.77. The summed E-state index contributed by atoms with van der Waals surface area (Å²) in [4.78, 5) is 19.7. The van der Waals surface area contributed by atoms with Gasteiger partial charge in [0.1, 0.15) is 12.9 Å². The molecule has 1 aromatic rings. The molecular weight excluding hydrogens is 208 g/mol. The summed E-state index contributed by atoms with van der Waals surface area (Å²) >= 11 is 0. The Kier molecular flexibility index (Phi) is 3.03. The molecular formula is C11H14N2O3. The highest BCUT2D eigenvalue weighted by molar-refractivity contribution is 5.73. The van der Waals surface area contributed by atoms with Gasteiger partial charge in [0, 0.05) is 11.3 Å². The molecule has 0 aliphatic carbocycles. The van der Waals surface area contributed by atoms with Crippen molar-refractivity contribution in [3.63, 3.8) is 0 Å². The van der Waals surface area contributed by atoms with E-state index in [1.807, 2.05) is 6.92 Å². The van der Waals surface area contributed by atoms with Crippen LogP contribution in [0.15, 0.2) is 6.33 Å². The number of carbonyl (C=O) groups excluding carboxylic acids is 1. The minimum atomic E-state index is -0.239. The molecule has 1 aliphatic heterocycles. The van der Waals surface area contributed by atoms with E-state index >= 15 is 0 Å². The zero-order valence-electron chi connectivity index (χ0n) is 9.40. The molecule has 0 saturated carbocycles. The van der Waals surface area contributed by atoms with Gasteiger partial charge in [-0.05, 0) is 20.3 Å². The summed E-state index contributed by atoms with van der Waals surface area (Å²) in [6, 6.07) is 0. The standard InChI is InChI=1S/C11H14N2O3/c1-3-15-11(14)8-4-9-7(2)12-6-13-10(9)16-5-8/h6,8H,3-5H2,1-2H3. The van der Waals surface area contributed by atoms with Crippen LogP contribution >= 0.6 is 0 Å². The summed E-state index contributed by atoms with van der Waals surface area (Å²) in [6.07, 6.45) is 2.07. The minimum absolute atomic E-state index is 0.212. The normalized spacial score (nSPS) is 18.5. The van der Waals surface area contributed by atoms with Gasteiger partial charge in [-0.25, -0.2) is 9.97 Å². The second kappa shape index (κ2) is 4.47. The maximum Gasteiger partial charge on any atom is 0.312 e. The van der Waals surface area contributed by atoms with Gasteiger partial charge in [0.25, 0.3) is 0 Å². The number of esters is 1. The van der Waals surface area contributed by atoms with E-state index in [-0.39, 0.29) is 11.9 Å². The molecule has 1 aliphatic rings. The van der Waals surface area contributed by atoms with E-state index in [0.29, 0.717) is 25.5 Å². The molecule has 0 spiro atoms. The molecule has 0 amide bonds. The van der Waals surface area contributed by atoms with Crippen molar-refractivity contribution in [1.29, 1.82) is 0 Å². The zero-order chi connectivity index (χ0) is 11.5. The molecule has 2 rings (SSSR count). The zero-order valence-corrected chi connectivity index (χ0v) is 9.40. The van der Waals surface area contributed by atoms with Crippen LogP contribution in [0.4, 0.5) is 0 Å². The summed E-state index contributed by atoms with van der Waals surface area (Å²) in [5, 5.41) is 0. The van der Waals surface area contributed by atoms with Gasteiger partial charge in [0.15, 0.2) is 0 Å². The molecule has 5 nitrogen and oxygen atoms in total. The SMILES string of the molecule is CCOC(=O)C1COc2ncnc(C)c2C1. The Hall–Kier alpha value is -1.65. The Morgan fingerprint density at radius 1 is 1.62 bits per heavy atom. The lowest BCUT2D eigenvalue weighted by Crippen LogP contribution is -2.30. The predicted octanol–water partition coefficient (Wildman–Crippen LogP) is 0.899. The van der Waals surface area contributed by atoms with Crippen LogP contribution in [0.25, 0.3) is 0 Å². The van der Waals surface area contributed by atoms with E-state index in [1.165, 1.54) is 6.33 Å². The molecule has 0 bridgehead atoms. The van der Waals surface area contributed by atoms with Crippen molar-refractivity contribution in [2.45, 2.75) is 20.3 Å². The number of hydrogen-bond donors (Lipinski definition) is 0. The Balaban J connectivity index is 2.17. The quantitative estimate of drug-likeness (QED) is 0.696. The van der Waals surface area contributed by atoms with E-state index in [0.717, 1.165) is 11.3 Å². The molecule has 0 N–H and O–H groups in total. The van der Waals surface area contributed by atoms with Crippen molar-refractivity contribution in [2.24, 2.45) is 5.92 Å². The smallest absolute Gasteiger partial charge is 0.312 e. The minimum Gasteiger partial charge on any atom is -0.476 e. The molecule has 0 saturated heterocycles. The van der Waals surface area contributed by atoms with E-state index in [9.17, 15) is 4.79 Å². The fourth-order valence-electron chi connectivity index (χ4n) is 1.73. The molecule has 86 valence electrons. The van der Waals surface area contributed by atoms with Crippen molar-refractivity contribution in [3.8, 4) is 5.88 Å². The monoisotopic (exact) mass is 222 g/mol. The van der Waals surface area contributed by atoms with Crippen molar-refractivity contribution in [1.82, 2.24) is 9.97 Å². The number of aromatic nitrogens is 2. The largest absolute Gasteiger partial charge is 0.476 e. The molecule has 0 radical (unpaired) electrons. The number of aryl methyl sites for hydroxylation is 1. The number of fused-ring (bicyclic) bond motifs is 1.